The van der Waals surface area contributed by atoms with Crippen molar-refractivity contribution < 1.29 is 18.0 Å². The Kier molecular flexibility index (Phi) is 9.49. The molecule has 1 N–H and O–H groups in total. The van der Waals surface area contributed by atoms with Crippen LogP contribution in [0, 0.1) is 17.8 Å². The normalized spacial score (nSPS) is 23.9. The molecule has 4 fully saturated rings. The van der Waals surface area contributed by atoms with Gasteiger partial charge in [0.1, 0.15) is 12.6 Å². The number of likely N-dealkylation sites (N-methyl/N-ethyl adjacent to an activating group) is 1. The van der Waals surface area contributed by atoms with Crippen LogP contribution in [0.4, 0.5) is 5.69 Å². The van der Waals surface area contributed by atoms with Crippen LogP contribution in [0.1, 0.15) is 62.1 Å². The number of halogens is 1. The Morgan fingerprint density at radius 2 is 1.48 bits per heavy atom. The van der Waals surface area contributed by atoms with E-state index in [0.717, 1.165) is 33.9 Å². The van der Waals surface area contributed by atoms with Crippen molar-refractivity contribution in [3.63, 3.8) is 0 Å². The van der Waals surface area contributed by atoms with E-state index in [2.05, 4.69) is 17.4 Å². The van der Waals surface area contributed by atoms with E-state index >= 15 is 0 Å². The summed E-state index contributed by atoms with van der Waals surface area (Å²) in [5.74, 6) is 1.61. The summed E-state index contributed by atoms with van der Waals surface area (Å²) in [4.78, 5) is 29.3. The lowest BCUT2D eigenvalue weighted by Gasteiger charge is -2.57. The Morgan fingerprint density at radius 1 is 0.891 bits per heavy atom. The van der Waals surface area contributed by atoms with Gasteiger partial charge >= 0.3 is 0 Å². The van der Waals surface area contributed by atoms with E-state index < -0.39 is 28.5 Å². The molecule has 0 radical (unpaired) electrons. The molecular weight excluding hydrogens is 618 g/mol. The zero-order valence-electron chi connectivity index (χ0n) is 26.7. The molecule has 9 heteroatoms. The smallest absolute Gasteiger partial charge is 0.244 e. The monoisotopic (exact) mass is 661 g/mol. The van der Waals surface area contributed by atoms with E-state index in [4.69, 9.17) is 11.6 Å². The highest BCUT2D eigenvalue weighted by atomic mass is 35.5. The highest BCUT2D eigenvalue weighted by Gasteiger charge is 2.51. The van der Waals surface area contributed by atoms with Gasteiger partial charge in [-0.3, -0.25) is 13.9 Å². The van der Waals surface area contributed by atoms with E-state index in [1.54, 1.807) is 6.07 Å². The highest BCUT2D eigenvalue weighted by Crippen LogP contribution is 2.60. The quantitative estimate of drug-likeness (QED) is 0.245. The van der Waals surface area contributed by atoms with Crippen LogP contribution in [0.3, 0.4) is 0 Å². The number of nitrogens with one attached hydrogen (secondary N) is 1. The SMILES string of the molecule is CCNC(=O)C(Cc1ccccc1)N(Cc1ccccc1Cl)C(=O)CN(c1ccc(C23CC4CC(CC(C4)C2)C3)cc1)S(C)(=O)=O. The maximum absolute atomic E-state index is 14.3. The topological polar surface area (TPSA) is 86.8 Å². The molecule has 3 aromatic carbocycles. The van der Waals surface area contributed by atoms with E-state index in [-0.39, 0.29) is 24.3 Å². The van der Waals surface area contributed by atoms with Gasteiger partial charge in [-0.2, -0.15) is 0 Å². The van der Waals surface area contributed by atoms with E-state index in [0.29, 0.717) is 22.8 Å². The molecule has 0 aliphatic heterocycles. The molecule has 1 unspecified atom stereocenters. The minimum atomic E-state index is -3.84. The van der Waals surface area contributed by atoms with Gasteiger partial charge in [0.05, 0.1) is 11.9 Å². The number of rotatable bonds is 12. The molecule has 2 amide bonds. The Hall–Kier alpha value is -3.36. The van der Waals surface area contributed by atoms with Crippen LogP contribution < -0.4 is 9.62 Å². The van der Waals surface area contributed by atoms with Crippen molar-refractivity contribution in [3.8, 4) is 0 Å². The third-order valence-corrected chi connectivity index (χ3v) is 11.9. The first-order valence-corrected chi connectivity index (χ1v) is 18.7. The molecular formula is C37H44ClN3O4S. The summed E-state index contributed by atoms with van der Waals surface area (Å²) in [5.41, 5.74) is 3.47. The summed E-state index contributed by atoms with van der Waals surface area (Å²) in [6.07, 6.45) is 9.10. The third kappa shape index (κ3) is 6.98. The largest absolute Gasteiger partial charge is 0.355 e. The fourth-order valence-electron chi connectivity index (χ4n) is 8.72. The van der Waals surface area contributed by atoms with Crippen LogP contribution in [0.2, 0.25) is 5.02 Å². The predicted molar refractivity (Wildman–Crippen MR) is 183 cm³/mol. The Bertz CT molecular complexity index is 1630. The summed E-state index contributed by atoms with van der Waals surface area (Å²) in [7, 11) is -3.84. The number of anilines is 1. The van der Waals surface area contributed by atoms with Crippen LogP contribution in [-0.4, -0.2) is 50.5 Å². The lowest BCUT2D eigenvalue weighted by atomic mass is 9.48. The molecule has 1 atom stereocenters. The van der Waals surface area contributed by atoms with Crippen molar-refractivity contribution in [2.75, 3.05) is 23.7 Å². The van der Waals surface area contributed by atoms with Crippen LogP contribution in [-0.2, 0) is 38.0 Å². The standard InChI is InChI=1S/C37H44ClN3O4S/c1-3-39-36(43)34(20-26-9-5-4-6-10-26)40(24-30-11-7-8-12-33(30)38)35(42)25-41(46(2,44)45)32-15-13-31(14-16-32)37-21-27-17-28(22-37)19-29(18-27)23-37/h4-16,27-29,34H,3,17-25H2,1-2H3,(H,39,43). The van der Waals surface area contributed by atoms with Gasteiger partial charge in [0.25, 0.3) is 0 Å². The molecule has 7 rings (SSSR count). The van der Waals surface area contributed by atoms with E-state index in [1.807, 2.05) is 67.6 Å². The van der Waals surface area contributed by atoms with Gasteiger partial charge in [-0.15, -0.1) is 0 Å². The van der Waals surface area contributed by atoms with Gasteiger partial charge in [-0.25, -0.2) is 8.42 Å². The lowest BCUT2D eigenvalue weighted by Crippen LogP contribution is -2.53. The van der Waals surface area contributed by atoms with E-state index in [9.17, 15) is 18.0 Å². The van der Waals surface area contributed by atoms with Crippen molar-refractivity contribution in [2.45, 2.75) is 69.9 Å². The minimum Gasteiger partial charge on any atom is -0.355 e. The molecule has 0 aromatic heterocycles. The van der Waals surface area contributed by atoms with Crippen LogP contribution in [0.15, 0.2) is 78.9 Å². The maximum atomic E-state index is 14.3. The second-order valence-corrected chi connectivity index (χ2v) is 16.0. The number of hydrogen-bond donors (Lipinski definition) is 1. The number of benzene rings is 3. The molecule has 4 saturated carbocycles. The van der Waals surface area contributed by atoms with Gasteiger partial charge in [0.2, 0.25) is 21.8 Å². The van der Waals surface area contributed by atoms with Gasteiger partial charge in [-0.05, 0) is 104 Å². The molecule has 4 aliphatic carbocycles. The number of amides is 2. The second kappa shape index (κ2) is 13.4. The molecule has 46 heavy (non-hydrogen) atoms. The number of nitrogens with zero attached hydrogens (tertiary/aromatic N) is 2. The minimum absolute atomic E-state index is 0.0513. The van der Waals surface area contributed by atoms with Crippen LogP contribution in [0.25, 0.3) is 0 Å². The zero-order chi connectivity index (χ0) is 32.5. The second-order valence-electron chi connectivity index (χ2n) is 13.7. The number of sulfonamides is 1. The van der Waals surface area contributed by atoms with Gasteiger partial charge < -0.3 is 10.2 Å². The van der Waals surface area contributed by atoms with Gasteiger partial charge in [-0.1, -0.05) is 72.3 Å². The van der Waals surface area contributed by atoms with Crippen molar-refractivity contribution in [1.29, 1.82) is 0 Å². The maximum Gasteiger partial charge on any atom is 0.244 e. The zero-order valence-corrected chi connectivity index (χ0v) is 28.3. The number of carbonyl (C=O) groups excluding carboxylic acids is 2. The first-order chi connectivity index (χ1) is 22.0. The summed E-state index contributed by atoms with van der Waals surface area (Å²) in [6, 6.07) is 23.7. The van der Waals surface area contributed by atoms with Gasteiger partial charge in [0, 0.05) is 24.5 Å². The van der Waals surface area contributed by atoms with Crippen molar-refractivity contribution in [2.24, 2.45) is 17.8 Å². The molecule has 244 valence electrons. The summed E-state index contributed by atoms with van der Waals surface area (Å²) in [6.45, 7) is 1.83. The Balaban J connectivity index is 1.30. The summed E-state index contributed by atoms with van der Waals surface area (Å²) in [5, 5.41) is 3.35. The number of carbonyl (C=O) groups is 2. The molecule has 4 bridgehead atoms. The Labute approximate surface area is 278 Å². The summed E-state index contributed by atoms with van der Waals surface area (Å²) < 4.78 is 27.7. The molecule has 7 nitrogen and oxygen atoms in total. The van der Waals surface area contributed by atoms with Crippen molar-refractivity contribution in [1.82, 2.24) is 10.2 Å². The van der Waals surface area contributed by atoms with Crippen LogP contribution in [0.5, 0.6) is 0 Å². The average molecular weight is 662 g/mol. The predicted octanol–water partition coefficient (Wildman–Crippen LogP) is 6.35. The van der Waals surface area contributed by atoms with Gasteiger partial charge in [0.15, 0.2) is 0 Å². The van der Waals surface area contributed by atoms with E-state index in [1.165, 1.54) is 49.0 Å². The summed E-state index contributed by atoms with van der Waals surface area (Å²) >= 11 is 6.53. The first-order valence-electron chi connectivity index (χ1n) is 16.5. The van der Waals surface area contributed by atoms with Crippen molar-refractivity contribution >= 4 is 39.1 Å². The first kappa shape index (κ1) is 32.6. The third-order valence-electron chi connectivity index (χ3n) is 10.4. The fraction of sp³-hybridized carbons (Fsp3) is 0.459. The Morgan fingerprint density at radius 3 is 2.04 bits per heavy atom. The lowest BCUT2D eigenvalue weighted by molar-refractivity contribution is -0.140. The average Bonchev–Trinajstić information content (AvgIpc) is 3.02. The molecule has 0 heterocycles. The molecule has 0 spiro atoms. The highest BCUT2D eigenvalue weighted by molar-refractivity contribution is 7.92. The number of hydrogen-bond acceptors (Lipinski definition) is 4. The van der Waals surface area contributed by atoms with Crippen molar-refractivity contribution in [3.05, 3.63) is 101 Å². The molecule has 0 saturated heterocycles. The van der Waals surface area contributed by atoms with Crippen LogP contribution >= 0.6 is 11.6 Å². The fourth-order valence-corrected chi connectivity index (χ4v) is 9.76. The molecule has 3 aromatic rings. The molecule has 4 aliphatic rings.